The molecule has 1 aliphatic rings. The van der Waals surface area contributed by atoms with E-state index in [2.05, 4.69) is 15.2 Å². The van der Waals surface area contributed by atoms with E-state index in [9.17, 15) is 5.11 Å². The van der Waals surface area contributed by atoms with Gasteiger partial charge in [-0.25, -0.2) is 9.97 Å². The van der Waals surface area contributed by atoms with E-state index < -0.39 is 0 Å². The van der Waals surface area contributed by atoms with Crippen LogP contribution >= 0.6 is 11.6 Å². The van der Waals surface area contributed by atoms with Crippen molar-refractivity contribution in [3.63, 3.8) is 0 Å². The molecule has 27 heavy (non-hydrogen) atoms. The summed E-state index contributed by atoms with van der Waals surface area (Å²) in [6.45, 7) is 2.41. The number of piperazine rings is 1. The van der Waals surface area contributed by atoms with E-state index >= 15 is 0 Å². The lowest BCUT2D eigenvalue weighted by molar-refractivity contribution is 0.235. The Hall–Kier alpha value is -2.54. The molecule has 6 nitrogen and oxygen atoms in total. The molecular weight excluding hydrogens is 362 g/mol. The molecule has 1 aromatic carbocycles. The average molecular weight is 382 g/mol. The van der Waals surface area contributed by atoms with Crippen LogP contribution in [0.15, 0.2) is 54.9 Å². The highest BCUT2D eigenvalue weighted by Gasteiger charge is 2.21. The number of nitrogens with zero attached hydrogens (tertiary/aromatic N) is 4. The Morgan fingerprint density at radius 3 is 2.74 bits per heavy atom. The molecule has 0 amide bonds. The highest BCUT2D eigenvalue weighted by molar-refractivity contribution is 6.30. The van der Waals surface area contributed by atoms with E-state index in [0.29, 0.717) is 17.4 Å². The fraction of sp³-hybridized carbons (Fsp3) is 0.250. The predicted octanol–water partition coefficient (Wildman–Crippen LogP) is 2.63. The first-order valence-electron chi connectivity index (χ1n) is 8.87. The van der Waals surface area contributed by atoms with E-state index in [4.69, 9.17) is 21.6 Å². The van der Waals surface area contributed by atoms with Crippen molar-refractivity contribution in [1.29, 1.82) is 0 Å². The highest BCUT2D eigenvalue weighted by atomic mass is 35.5. The molecule has 3 heterocycles. The second-order valence-corrected chi connectivity index (χ2v) is 6.90. The third-order valence-corrected chi connectivity index (χ3v) is 4.82. The van der Waals surface area contributed by atoms with Crippen LogP contribution in [0.4, 0.5) is 5.82 Å². The molecule has 2 aromatic heterocycles. The quantitative estimate of drug-likeness (QED) is 0.723. The zero-order chi connectivity index (χ0) is 18.6. The predicted molar refractivity (Wildman–Crippen MR) is 107 cm³/mol. The van der Waals surface area contributed by atoms with Gasteiger partial charge in [-0.1, -0.05) is 23.7 Å². The zero-order valence-corrected chi connectivity index (χ0v) is 15.5. The van der Waals surface area contributed by atoms with Gasteiger partial charge >= 0.3 is 0 Å². The molecule has 0 saturated carbocycles. The number of anilines is 1. The Kier molecular flexibility index (Phi) is 5.29. The normalized spacial score (nSPS) is 17.1. The lowest BCUT2D eigenvalue weighted by Crippen LogP contribution is -2.52. The van der Waals surface area contributed by atoms with Crippen LogP contribution in [0.3, 0.4) is 0 Å². The lowest BCUT2D eigenvalue weighted by atomic mass is 10.1. The summed E-state index contributed by atoms with van der Waals surface area (Å²) in [7, 11) is 0. The van der Waals surface area contributed by atoms with Gasteiger partial charge in [-0.2, -0.15) is 0 Å². The topological polar surface area (TPSA) is 74.2 Å². The number of pyridine rings is 1. The number of hydrogen-bond donors (Lipinski definition) is 2. The summed E-state index contributed by atoms with van der Waals surface area (Å²) in [6.07, 6.45) is 3.49. The highest BCUT2D eigenvalue weighted by Crippen LogP contribution is 2.27. The van der Waals surface area contributed by atoms with Crippen LogP contribution in [0.5, 0.6) is 0 Å². The average Bonchev–Trinajstić information content (AvgIpc) is 2.74. The summed E-state index contributed by atoms with van der Waals surface area (Å²) in [5.74, 6) is 1.47. The van der Waals surface area contributed by atoms with E-state index in [1.54, 1.807) is 12.4 Å². The molecule has 1 saturated heterocycles. The standard InChI is InChI=1S/C20H20ClN5O/c21-16-5-3-14(4-6-16)18-10-19(26-9-8-23-17(12-26)13-27)25-20(24-18)15-2-1-7-22-11-15/h1-7,10-11,17,23,27H,8-9,12-13H2. The SMILES string of the molecule is OCC1CN(c2cc(-c3ccc(Cl)cc3)nc(-c3cccnc3)n2)CCN1. The van der Waals surface area contributed by atoms with Crippen LogP contribution in [0.1, 0.15) is 0 Å². The molecule has 138 valence electrons. The van der Waals surface area contributed by atoms with E-state index in [0.717, 1.165) is 35.7 Å². The third kappa shape index (κ3) is 4.08. The summed E-state index contributed by atoms with van der Waals surface area (Å²) in [6, 6.07) is 13.5. The van der Waals surface area contributed by atoms with E-state index in [1.165, 1.54) is 0 Å². The van der Waals surface area contributed by atoms with Gasteiger partial charge in [0.05, 0.1) is 12.3 Å². The second-order valence-electron chi connectivity index (χ2n) is 6.46. The minimum absolute atomic E-state index is 0.0366. The van der Waals surface area contributed by atoms with Crippen molar-refractivity contribution in [3.05, 3.63) is 59.9 Å². The van der Waals surface area contributed by atoms with Gasteiger partial charge in [0.15, 0.2) is 5.82 Å². The largest absolute Gasteiger partial charge is 0.395 e. The van der Waals surface area contributed by atoms with Crippen molar-refractivity contribution in [1.82, 2.24) is 20.3 Å². The summed E-state index contributed by atoms with van der Waals surface area (Å²) in [5.41, 5.74) is 2.67. The zero-order valence-electron chi connectivity index (χ0n) is 14.7. The van der Waals surface area contributed by atoms with Crippen LogP contribution in [0, 0.1) is 0 Å². The molecule has 0 radical (unpaired) electrons. The van der Waals surface area contributed by atoms with Gasteiger partial charge in [0.25, 0.3) is 0 Å². The molecule has 1 aliphatic heterocycles. The molecule has 1 unspecified atom stereocenters. The summed E-state index contributed by atoms with van der Waals surface area (Å²) >= 11 is 6.03. The summed E-state index contributed by atoms with van der Waals surface area (Å²) in [4.78, 5) is 15.9. The van der Waals surface area contributed by atoms with Crippen LogP contribution in [-0.2, 0) is 0 Å². The first kappa shape index (κ1) is 17.9. The first-order chi connectivity index (χ1) is 13.2. The maximum atomic E-state index is 9.50. The summed E-state index contributed by atoms with van der Waals surface area (Å²) in [5, 5.41) is 13.5. The number of hydrogen-bond acceptors (Lipinski definition) is 6. The van der Waals surface area contributed by atoms with Crippen LogP contribution in [0.25, 0.3) is 22.6 Å². The molecule has 4 rings (SSSR count). The Morgan fingerprint density at radius 2 is 2.00 bits per heavy atom. The smallest absolute Gasteiger partial charge is 0.163 e. The van der Waals surface area contributed by atoms with E-state index in [1.807, 2.05) is 42.5 Å². The number of rotatable bonds is 4. The van der Waals surface area contributed by atoms with Crippen LogP contribution in [-0.4, -0.2) is 52.3 Å². The van der Waals surface area contributed by atoms with Gasteiger partial charge in [0, 0.05) is 60.3 Å². The Bertz CT molecular complexity index is 904. The van der Waals surface area contributed by atoms with Crippen molar-refractivity contribution in [3.8, 4) is 22.6 Å². The number of nitrogens with one attached hydrogen (secondary N) is 1. The lowest BCUT2D eigenvalue weighted by Gasteiger charge is -2.33. The van der Waals surface area contributed by atoms with E-state index in [-0.39, 0.29) is 12.6 Å². The molecule has 0 bridgehead atoms. The number of aliphatic hydroxyl groups is 1. The monoisotopic (exact) mass is 381 g/mol. The molecule has 1 fully saturated rings. The Morgan fingerprint density at radius 1 is 1.15 bits per heavy atom. The second kappa shape index (κ2) is 8.00. The fourth-order valence-electron chi connectivity index (χ4n) is 3.14. The van der Waals surface area contributed by atoms with Crippen molar-refractivity contribution >= 4 is 17.4 Å². The number of benzene rings is 1. The van der Waals surface area contributed by atoms with Gasteiger partial charge in [0.1, 0.15) is 5.82 Å². The molecule has 2 N–H and O–H groups in total. The fourth-order valence-corrected chi connectivity index (χ4v) is 3.27. The Labute approximate surface area is 162 Å². The van der Waals surface area contributed by atoms with Crippen molar-refractivity contribution < 1.29 is 5.11 Å². The first-order valence-corrected chi connectivity index (χ1v) is 9.25. The molecule has 0 aliphatic carbocycles. The van der Waals surface area contributed by atoms with Gasteiger partial charge < -0.3 is 15.3 Å². The van der Waals surface area contributed by atoms with Gasteiger partial charge in [0.2, 0.25) is 0 Å². The number of aliphatic hydroxyl groups excluding tert-OH is 1. The Balaban J connectivity index is 1.78. The number of halogens is 1. The van der Waals surface area contributed by atoms with Crippen molar-refractivity contribution in [2.45, 2.75) is 6.04 Å². The maximum Gasteiger partial charge on any atom is 0.163 e. The number of aromatic nitrogens is 3. The minimum Gasteiger partial charge on any atom is -0.395 e. The molecule has 1 atom stereocenters. The maximum absolute atomic E-state index is 9.50. The van der Waals surface area contributed by atoms with Crippen LogP contribution < -0.4 is 10.2 Å². The van der Waals surface area contributed by atoms with Gasteiger partial charge in [-0.05, 0) is 24.3 Å². The molecular formula is C20H20ClN5O. The van der Waals surface area contributed by atoms with Crippen molar-refractivity contribution in [2.75, 3.05) is 31.1 Å². The minimum atomic E-state index is 0.0366. The van der Waals surface area contributed by atoms with Crippen molar-refractivity contribution in [2.24, 2.45) is 0 Å². The van der Waals surface area contributed by atoms with Gasteiger partial charge in [-0.15, -0.1) is 0 Å². The van der Waals surface area contributed by atoms with Gasteiger partial charge in [-0.3, -0.25) is 4.98 Å². The third-order valence-electron chi connectivity index (χ3n) is 4.57. The molecule has 3 aromatic rings. The van der Waals surface area contributed by atoms with Crippen LogP contribution in [0.2, 0.25) is 5.02 Å². The molecule has 7 heteroatoms. The summed E-state index contributed by atoms with van der Waals surface area (Å²) < 4.78 is 0. The molecule has 0 spiro atoms.